The predicted molar refractivity (Wildman–Crippen MR) is 100 cm³/mol. The number of likely N-dealkylation sites (N-methyl/N-ethyl adjacent to an activating group) is 1. The molecule has 0 fully saturated rings. The normalized spacial score (nSPS) is 12.9. The Kier molecular flexibility index (Phi) is 5.03. The standard InChI is InChI=1S/C19H23N3S/c1-21(2)14-18(23)19-20-16-10-6-7-11-17(16)22(19)13-12-15-8-4-3-5-9-15/h3-11,18,23H,12-14H2,1-2H3. The number of hydrogen-bond acceptors (Lipinski definition) is 3. The molecule has 0 spiro atoms. The first-order valence-electron chi connectivity index (χ1n) is 7.97. The lowest BCUT2D eigenvalue weighted by Gasteiger charge is -2.18. The maximum Gasteiger partial charge on any atom is 0.124 e. The van der Waals surface area contributed by atoms with E-state index in [4.69, 9.17) is 17.6 Å². The first kappa shape index (κ1) is 16.1. The molecule has 1 aromatic heterocycles. The first-order valence-corrected chi connectivity index (χ1v) is 8.48. The van der Waals surface area contributed by atoms with Crippen LogP contribution in [0.15, 0.2) is 54.6 Å². The molecular formula is C19H23N3S. The minimum Gasteiger partial charge on any atom is -0.327 e. The van der Waals surface area contributed by atoms with Gasteiger partial charge in [0.2, 0.25) is 0 Å². The SMILES string of the molecule is CN(C)CC(S)c1nc2ccccc2n1CCc1ccccc1. The van der Waals surface area contributed by atoms with E-state index in [1.807, 2.05) is 6.07 Å². The third-order valence-electron chi connectivity index (χ3n) is 3.99. The zero-order chi connectivity index (χ0) is 16.2. The topological polar surface area (TPSA) is 21.1 Å². The fourth-order valence-electron chi connectivity index (χ4n) is 2.90. The summed E-state index contributed by atoms with van der Waals surface area (Å²) in [6, 6.07) is 18.9. The van der Waals surface area contributed by atoms with Gasteiger partial charge in [0.1, 0.15) is 5.82 Å². The van der Waals surface area contributed by atoms with Crippen LogP contribution in [0.25, 0.3) is 11.0 Å². The number of benzene rings is 2. The summed E-state index contributed by atoms with van der Waals surface area (Å²) in [5, 5.41) is 0.105. The summed E-state index contributed by atoms with van der Waals surface area (Å²) >= 11 is 4.79. The summed E-state index contributed by atoms with van der Waals surface area (Å²) in [6.45, 7) is 1.79. The zero-order valence-corrected chi connectivity index (χ0v) is 14.6. The Hall–Kier alpha value is -1.78. The minimum absolute atomic E-state index is 0.105. The average Bonchev–Trinajstić information content (AvgIpc) is 2.92. The van der Waals surface area contributed by atoms with E-state index in [-0.39, 0.29) is 5.25 Å². The molecule has 0 aliphatic rings. The molecule has 0 bridgehead atoms. The number of thiol groups is 1. The second-order valence-corrected chi connectivity index (χ2v) is 6.75. The number of aryl methyl sites for hydroxylation is 2. The van der Waals surface area contributed by atoms with E-state index >= 15 is 0 Å². The Morgan fingerprint density at radius 3 is 2.48 bits per heavy atom. The van der Waals surface area contributed by atoms with Crippen molar-refractivity contribution in [3.63, 3.8) is 0 Å². The largest absolute Gasteiger partial charge is 0.327 e. The van der Waals surface area contributed by atoms with E-state index in [1.54, 1.807) is 0 Å². The predicted octanol–water partition coefficient (Wildman–Crippen LogP) is 3.81. The molecule has 23 heavy (non-hydrogen) atoms. The lowest BCUT2D eigenvalue weighted by atomic mass is 10.1. The van der Waals surface area contributed by atoms with E-state index < -0.39 is 0 Å². The highest BCUT2D eigenvalue weighted by Gasteiger charge is 2.17. The molecule has 1 unspecified atom stereocenters. The third kappa shape index (κ3) is 3.77. The van der Waals surface area contributed by atoms with Crippen molar-refractivity contribution in [3.05, 3.63) is 66.0 Å². The Morgan fingerprint density at radius 2 is 1.74 bits per heavy atom. The zero-order valence-electron chi connectivity index (χ0n) is 13.7. The third-order valence-corrected chi connectivity index (χ3v) is 4.38. The van der Waals surface area contributed by atoms with Crippen LogP contribution in [-0.2, 0) is 13.0 Å². The van der Waals surface area contributed by atoms with Crippen molar-refractivity contribution in [2.45, 2.75) is 18.2 Å². The number of hydrogen-bond donors (Lipinski definition) is 1. The highest BCUT2D eigenvalue weighted by Crippen LogP contribution is 2.25. The number of fused-ring (bicyclic) bond motifs is 1. The van der Waals surface area contributed by atoms with Gasteiger partial charge in [-0.25, -0.2) is 4.98 Å². The van der Waals surface area contributed by atoms with Crippen LogP contribution in [0, 0.1) is 0 Å². The molecule has 0 amide bonds. The lowest BCUT2D eigenvalue weighted by Crippen LogP contribution is -2.20. The molecule has 0 saturated carbocycles. The van der Waals surface area contributed by atoms with Gasteiger partial charge in [-0.05, 0) is 38.2 Å². The van der Waals surface area contributed by atoms with E-state index in [0.29, 0.717) is 0 Å². The van der Waals surface area contributed by atoms with E-state index in [9.17, 15) is 0 Å². The molecule has 0 N–H and O–H groups in total. The molecule has 0 aliphatic heterocycles. The van der Waals surface area contributed by atoms with Gasteiger partial charge in [0, 0.05) is 13.1 Å². The van der Waals surface area contributed by atoms with Gasteiger partial charge in [-0.1, -0.05) is 42.5 Å². The van der Waals surface area contributed by atoms with Crippen molar-refractivity contribution >= 4 is 23.7 Å². The molecule has 1 atom stereocenters. The molecular weight excluding hydrogens is 302 g/mol. The fraction of sp³-hybridized carbons (Fsp3) is 0.316. The molecule has 3 aromatic rings. The van der Waals surface area contributed by atoms with Crippen LogP contribution in [0.2, 0.25) is 0 Å². The molecule has 120 valence electrons. The van der Waals surface area contributed by atoms with Gasteiger partial charge >= 0.3 is 0 Å². The minimum atomic E-state index is 0.105. The number of rotatable bonds is 6. The quantitative estimate of drug-likeness (QED) is 0.696. The van der Waals surface area contributed by atoms with Gasteiger partial charge in [0.15, 0.2) is 0 Å². The van der Waals surface area contributed by atoms with Crippen molar-refractivity contribution in [1.82, 2.24) is 14.5 Å². The molecule has 4 heteroatoms. The van der Waals surface area contributed by atoms with E-state index in [2.05, 4.69) is 72.1 Å². The maximum absolute atomic E-state index is 4.84. The number of aromatic nitrogens is 2. The first-order chi connectivity index (χ1) is 11.1. The average molecular weight is 325 g/mol. The number of nitrogens with zero attached hydrogens (tertiary/aromatic N) is 3. The van der Waals surface area contributed by atoms with Crippen LogP contribution in [0.5, 0.6) is 0 Å². The second kappa shape index (κ2) is 7.20. The lowest BCUT2D eigenvalue weighted by molar-refractivity contribution is 0.403. The van der Waals surface area contributed by atoms with Gasteiger partial charge < -0.3 is 9.47 Å². The van der Waals surface area contributed by atoms with Crippen LogP contribution < -0.4 is 0 Å². The highest BCUT2D eigenvalue weighted by atomic mass is 32.1. The van der Waals surface area contributed by atoms with E-state index in [0.717, 1.165) is 30.9 Å². The summed E-state index contributed by atoms with van der Waals surface area (Å²) in [7, 11) is 4.14. The number of para-hydroxylation sites is 2. The van der Waals surface area contributed by atoms with Crippen molar-refractivity contribution in [2.24, 2.45) is 0 Å². The fourth-order valence-corrected chi connectivity index (χ4v) is 3.42. The van der Waals surface area contributed by atoms with Crippen LogP contribution >= 0.6 is 12.6 Å². The molecule has 2 aromatic carbocycles. The molecule has 0 saturated heterocycles. The van der Waals surface area contributed by atoms with Crippen molar-refractivity contribution < 1.29 is 0 Å². The molecule has 3 rings (SSSR count). The summed E-state index contributed by atoms with van der Waals surface area (Å²) in [6.07, 6.45) is 0.997. The Balaban J connectivity index is 1.92. The second-order valence-electron chi connectivity index (χ2n) is 6.12. The van der Waals surface area contributed by atoms with Crippen molar-refractivity contribution in [2.75, 3.05) is 20.6 Å². The summed E-state index contributed by atoms with van der Waals surface area (Å²) in [5.74, 6) is 1.05. The van der Waals surface area contributed by atoms with Crippen LogP contribution in [0.3, 0.4) is 0 Å². The molecule has 1 heterocycles. The number of imidazole rings is 1. The summed E-state index contributed by atoms with van der Waals surface area (Å²) < 4.78 is 2.32. The van der Waals surface area contributed by atoms with Crippen LogP contribution in [-0.4, -0.2) is 35.1 Å². The van der Waals surface area contributed by atoms with Crippen molar-refractivity contribution in [1.29, 1.82) is 0 Å². The monoisotopic (exact) mass is 325 g/mol. The molecule has 0 radical (unpaired) electrons. The Labute approximate surface area is 143 Å². The highest BCUT2D eigenvalue weighted by molar-refractivity contribution is 7.80. The van der Waals surface area contributed by atoms with Crippen LogP contribution in [0.4, 0.5) is 0 Å². The van der Waals surface area contributed by atoms with Gasteiger partial charge in [-0.3, -0.25) is 0 Å². The van der Waals surface area contributed by atoms with E-state index in [1.165, 1.54) is 11.1 Å². The Morgan fingerprint density at radius 1 is 1.04 bits per heavy atom. The molecule has 0 aliphatic carbocycles. The van der Waals surface area contributed by atoms with Gasteiger partial charge in [0.25, 0.3) is 0 Å². The Bertz CT molecular complexity index is 765. The van der Waals surface area contributed by atoms with Crippen molar-refractivity contribution in [3.8, 4) is 0 Å². The van der Waals surface area contributed by atoms with Gasteiger partial charge in [0.05, 0.1) is 16.3 Å². The van der Waals surface area contributed by atoms with Crippen LogP contribution in [0.1, 0.15) is 16.6 Å². The summed E-state index contributed by atoms with van der Waals surface area (Å²) in [4.78, 5) is 6.99. The van der Waals surface area contributed by atoms with Gasteiger partial charge in [-0.15, -0.1) is 0 Å². The maximum atomic E-state index is 4.84. The summed E-state index contributed by atoms with van der Waals surface area (Å²) in [5.41, 5.74) is 3.59. The molecule has 3 nitrogen and oxygen atoms in total. The smallest absolute Gasteiger partial charge is 0.124 e. The van der Waals surface area contributed by atoms with Gasteiger partial charge in [-0.2, -0.15) is 12.6 Å².